The Labute approximate surface area is 200 Å². The van der Waals surface area contributed by atoms with Gasteiger partial charge in [-0.15, -0.1) is 0 Å². The van der Waals surface area contributed by atoms with E-state index in [-0.39, 0.29) is 30.3 Å². The SMILES string of the molecule is Cc1ccccc1CNC(=O)CN1C(=O)C2CCCCN2c2ccc(C(=O)N3CCCC3)cc21. The van der Waals surface area contributed by atoms with Crippen molar-refractivity contribution in [3.63, 3.8) is 0 Å². The van der Waals surface area contributed by atoms with Gasteiger partial charge >= 0.3 is 0 Å². The first-order valence-electron chi connectivity index (χ1n) is 12.4. The molecule has 1 N–H and O–H groups in total. The van der Waals surface area contributed by atoms with Crippen LogP contribution >= 0.6 is 0 Å². The number of fused-ring (bicyclic) bond motifs is 3. The van der Waals surface area contributed by atoms with Crippen LogP contribution in [0.3, 0.4) is 0 Å². The molecule has 178 valence electrons. The predicted molar refractivity (Wildman–Crippen MR) is 132 cm³/mol. The molecule has 2 fully saturated rings. The van der Waals surface area contributed by atoms with Crippen LogP contribution in [0.2, 0.25) is 0 Å². The number of carbonyl (C=O) groups excluding carboxylic acids is 3. The molecule has 0 spiro atoms. The van der Waals surface area contributed by atoms with Crippen LogP contribution in [0.15, 0.2) is 42.5 Å². The van der Waals surface area contributed by atoms with E-state index in [1.54, 1.807) is 4.90 Å². The molecular formula is C27H32N4O3. The van der Waals surface area contributed by atoms with Crippen molar-refractivity contribution in [1.82, 2.24) is 10.2 Å². The summed E-state index contributed by atoms with van der Waals surface area (Å²) in [6.45, 7) is 4.74. The molecule has 3 aliphatic heterocycles. The zero-order chi connectivity index (χ0) is 23.7. The molecule has 0 aliphatic carbocycles. The fraction of sp³-hybridized carbons (Fsp3) is 0.444. The van der Waals surface area contributed by atoms with Gasteiger partial charge in [0.1, 0.15) is 12.6 Å². The van der Waals surface area contributed by atoms with E-state index < -0.39 is 0 Å². The molecule has 5 rings (SSSR count). The quantitative estimate of drug-likeness (QED) is 0.744. The van der Waals surface area contributed by atoms with Crippen molar-refractivity contribution in [2.24, 2.45) is 0 Å². The molecule has 2 aromatic rings. The Morgan fingerprint density at radius 2 is 1.74 bits per heavy atom. The van der Waals surface area contributed by atoms with Crippen molar-refractivity contribution in [2.45, 2.75) is 51.6 Å². The highest BCUT2D eigenvalue weighted by Crippen LogP contribution is 2.40. The summed E-state index contributed by atoms with van der Waals surface area (Å²) in [6.07, 6.45) is 4.87. The van der Waals surface area contributed by atoms with Gasteiger partial charge in [-0.1, -0.05) is 24.3 Å². The van der Waals surface area contributed by atoms with Gasteiger partial charge in [0, 0.05) is 31.7 Å². The lowest BCUT2D eigenvalue weighted by atomic mass is 9.95. The number of nitrogens with one attached hydrogen (secondary N) is 1. The van der Waals surface area contributed by atoms with Crippen molar-refractivity contribution in [2.75, 3.05) is 36.0 Å². The van der Waals surface area contributed by atoms with Gasteiger partial charge in [-0.25, -0.2) is 0 Å². The van der Waals surface area contributed by atoms with E-state index in [2.05, 4.69) is 10.2 Å². The highest BCUT2D eigenvalue weighted by atomic mass is 16.2. The molecule has 1 unspecified atom stereocenters. The predicted octanol–water partition coefficient (Wildman–Crippen LogP) is 3.25. The maximum Gasteiger partial charge on any atom is 0.253 e. The number of amides is 3. The first kappa shape index (κ1) is 22.4. The van der Waals surface area contributed by atoms with E-state index in [0.717, 1.165) is 68.6 Å². The van der Waals surface area contributed by atoms with Crippen LogP contribution in [-0.2, 0) is 16.1 Å². The summed E-state index contributed by atoms with van der Waals surface area (Å²) in [7, 11) is 0. The normalized spacial score (nSPS) is 19.6. The molecule has 0 bridgehead atoms. The van der Waals surface area contributed by atoms with Crippen LogP contribution in [0.25, 0.3) is 0 Å². The van der Waals surface area contributed by atoms with E-state index in [0.29, 0.717) is 17.8 Å². The Balaban J connectivity index is 1.41. The summed E-state index contributed by atoms with van der Waals surface area (Å²) in [6, 6.07) is 13.3. The Kier molecular flexibility index (Phi) is 6.26. The minimum atomic E-state index is -0.245. The van der Waals surface area contributed by atoms with Gasteiger partial charge in [0.25, 0.3) is 5.91 Å². The van der Waals surface area contributed by atoms with Crippen molar-refractivity contribution < 1.29 is 14.4 Å². The minimum Gasteiger partial charge on any atom is -0.358 e. The summed E-state index contributed by atoms with van der Waals surface area (Å²) in [5.74, 6) is -0.260. The van der Waals surface area contributed by atoms with E-state index in [9.17, 15) is 14.4 Å². The number of rotatable bonds is 5. The molecule has 1 atom stereocenters. The number of aryl methyl sites for hydroxylation is 1. The molecule has 2 saturated heterocycles. The van der Waals surface area contributed by atoms with Crippen LogP contribution in [0.4, 0.5) is 11.4 Å². The van der Waals surface area contributed by atoms with Crippen molar-refractivity contribution in [1.29, 1.82) is 0 Å². The second-order valence-corrected chi connectivity index (χ2v) is 9.54. The molecule has 3 amide bonds. The Morgan fingerprint density at radius 1 is 0.971 bits per heavy atom. The monoisotopic (exact) mass is 460 g/mol. The number of carbonyl (C=O) groups is 3. The topological polar surface area (TPSA) is 73.0 Å². The third kappa shape index (κ3) is 4.27. The van der Waals surface area contributed by atoms with Crippen LogP contribution in [-0.4, -0.2) is 54.8 Å². The van der Waals surface area contributed by atoms with Crippen molar-refractivity contribution >= 4 is 29.1 Å². The van der Waals surface area contributed by atoms with Crippen LogP contribution in [0, 0.1) is 6.92 Å². The number of piperidine rings is 1. The largest absolute Gasteiger partial charge is 0.358 e. The second kappa shape index (κ2) is 9.49. The van der Waals surface area contributed by atoms with Crippen molar-refractivity contribution in [3.8, 4) is 0 Å². The van der Waals surface area contributed by atoms with Gasteiger partial charge in [0.2, 0.25) is 11.8 Å². The van der Waals surface area contributed by atoms with Gasteiger partial charge in [-0.2, -0.15) is 0 Å². The molecule has 3 heterocycles. The molecule has 7 nitrogen and oxygen atoms in total. The fourth-order valence-corrected chi connectivity index (χ4v) is 5.36. The molecule has 0 aromatic heterocycles. The van der Waals surface area contributed by atoms with Crippen LogP contribution in [0.5, 0.6) is 0 Å². The highest BCUT2D eigenvalue weighted by Gasteiger charge is 2.40. The first-order valence-corrected chi connectivity index (χ1v) is 12.4. The molecule has 2 aromatic carbocycles. The summed E-state index contributed by atoms with van der Waals surface area (Å²) >= 11 is 0. The molecule has 0 radical (unpaired) electrons. The zero-order valence-corrected chi connectivity index (χ0v) is 19.8. The third-order valence-electron chi connectivity index (χ3n) is 7.31. The average Bonchev–Trinajstić information content (AvgIpc) is 3.40. The zero-order valence-electron chi connectivity index (χ0n) is 19.8. The van der Waals surface area contributed by atoms with E-state index >= 15 is 0 Å². The summed E-state index contributed by atoms with van der Waals surface area (Å²) < 4.78 is 0. The molecule has 0 saturated carbocycles. The maximum absolute atomic E-state index is 13.5. The number of anilines is 2. The standard InChI is InChI=1S/C27H32N4O3/c1-19-8-2-3-9-21(19)17-28-25(32)18-31-24-16-20(26(33)29-13-6-7-14-29)11-12-22(24)30-15-5-4-10-23(30)27(31)34/h2-3,8-9,11-12,16,23H,4-7,10,13-15,17-18H2,1H3,(H,28,32). The summed E-state index contributed by atoms with van der Waals surface area (Å²) in [5.41, 5.74) is 4.35. The lowest BCUT2D eigenvalue weighted by molar-refractivity contribution is -0.125. The van der Waals surface area contributed by atoms with E-state index in [1.807, 2.05) is 54.3 Å². The molecule has 3 aliphatic rings. The van der Waals surface area contributed by atoms with Gasteiger partial charge in [0.15, 0.2) is 0 Å². The lowest BCUT2D eigenvalue weighted by Gasteiger charge is -2.45. The Bertz CT molecular complexity index is 1110. The molecule has 34 heavy (non-hydrogen) atoms. The number of nitrogens with zero attached hydrogens (tertiary/aromatic N) is 3. The van der Waals surface area contributed by atoms with Gasteiger partial charge < -0.3 is 15.1 Å². The Morgan fingerprint density at radius 3 is 2.53 bits per heavy atom. The lowest BCUT2D eigenvalue weighted by Crippen LogP contribution is -2.57. The van der Waals surface area contributed by atoms with Crippen molar-refractivity contribution in [3.05, 3.63) is 59.2 Å². The van der Waals surface area contributed by atoms with E-state index in [4.69, 9.17) is 0 Å². The van der Waals surface area contributed by atoms with Crippen LogP contribution in [0.1, 0.15) is 53.6 Å². The Hall–Kier alpha value is -3.35. The first-order chi connectivity index (χ1) is 16.5. The van der Waals surface area contributed by atoms with Gasteiger partial charge in [0.05, 0.1) is 11.4 Å². The smallest absolute Gasteiger partial charge is 0.253 e. The fourth-order valence-electron chi connectivity index (χ4n) is 5.36. The highest BCUT2D eigenvalue weighted by molar-refractivity contribution is 6.09. The minimum absolute atomic E-state index is 0.00234. The third-order valence-corrected chi connectivity index (χ3v) is 7.31. The molecule has 7 heteroatoms. The van der Waals surface area contributed by atoms with Crippen LogP contribution < -0.4 is 15.1 Å². The van der Waals surface area contributed by atoms with Gasteiger partial charge in [-0.3, -0.25) is 19.3 Å². The second-order valence-electron chi connectivity index (χ2n) is 9.54. The summed E-state index contributed by atoms with van der Waals surface area (Å²) in [4.78, 5) is 45.1. The van der Waals surface area contributed by atoms with Gasteiger partial charge in [-0.05, 0) is 68.4 Å². The average molecular weight is 461 g/mol. The number of likely N-dealkylation sites (tertiary alicyclic amines) is 1. The number of benzene rings is 2. The van der Waals surface area contributed by atoms with E-state index in [1.165, 1.54) is 0 Å². The maximum atomic E-state index is 13.5. The summed E-state index contributed by atoms with van der Waals surface area (Å²) in [5, 5.41) is 2.97. The number of hydrogen-bond acceptors (Lipinski definition) is 4. The number of hydrogen-bond donors (Lipinski definition) is 1. The molecular weight excluding hydrogens is 428 g/mol.